The van der Waals surface area contributed by atoms with Crippen LogP contribution in [0.5, 0.6) is 5.75 Å². The normalized spacial score (nSPS) is 11.3. The Bertz CT molecular complexity index is 1310. The van der Waals surface area contributed by atoms with Crippen molar-refractivity contribution in [3.05, 3.63) is 95.6 Å². The van der Waals surface area contributed by atoms with Crippen LogP contribution in [0.1, 0.15) is 32.0 Å². The van der Waals surface area contributed by atoms with Gasteiger partial charge in [0.1, 0.15) is 0 Å². The van der Waals surface area contributed by atoms with Crippen LogP contribution in [-0.4, -0.2) is 36.5 Å². The molecule has 0 spiro atoms. The van der Waals surface area contributed by atoms with E-state index in [1.54, 1.807) is 47.4 Å². The molecule has 0 saturated carbocycles. The summed E-state index contributed by atoms with van der Waals surface area (Å²) in [5.74, 6) is -2.31. The largest absolute Gasteiger partial charge is 0.504 e. The minimum atomic E-state index is -4.66. The Balaban J connectivity index is 1.42. The Morgan fingerprint density at radius 2 is 1.68 bits per heavy atom. The number of aromatic hydroxyl groups is 1. The molecule has 34 heavy (non-hydrogen) atoms. The molecule has 0 fully saturated rings. The monoisotopic (exact) mass is 470 g/mol. The Kier molecular flexibility index (Phi) is 6.04. The predicted molar refractivity (Wildman–Crippen MR) is 113 cm³/mol. The second kappa shape index (κ2) is 9.10. The molecule has 9 nitrogen and oxygen atoms in total. The van der Waals surface area contributed by atoms with E-state index in [0.29, 0.717) is 6.54 Å². The van der Waals surface area contributed by atoms with E-state index in [2.05, 4.69) is 21.0 Å². The number of benzene rings is 2. The molecule has 0 aliphatic carbocycles. The van der Waals surface area contributed by atoms with Crippen LogP contribution in [0.3, 0.4) is 0 Å². The van der Waals surface area contributed by atoms with Gasteiger partial charge >= 0.3 is 6.18 Å². The molecular formula is C22H17F3N6O3. The number of aromatic nitrogens is 4. The molecule has 2 heterocycles. The van der Waals surface area contributed by atoms with Crippen molar-refractivity contribution >= 4 is 11.8 Å². The van der Waals surface area contributed by atoms with Gasteiger partial charge in [-0.3, -0.25) is 25.1 Å². The lowest BCUT2D eigenvalue weighted by molar-refractivity contribution is -0.137. The first kappa shape index (κ1) is 22.6. The van der Waals surface area contributed by atoms with Crippen LogP contribution in [0.15, 0.2) is 73.2 Å². The number of rotatable bonds is 5. The van der Waals surface area contributed by atoms with E-state index < -0.39 is 35.0 Å². The predicted octanol–water partition coefficient (Wildman–Crippen LogP) is 2.92. The van der Waals surface area contributed by atoms with Gasteiger partial charge in [-0.15, -0.1) is 0 Å². The number of nitrogens with zero attached hydrogens (tertiary/aromatic N) is 4. The van der Waals surface area contributed by atoms with Gasteiger partial charge in [-0.2, -0.15) is 23.4 Å². The van der Waals surface area contributed by atoms with E-state index in [4.69, 9.17) is 0 Å². The summed E-state index contributed by atoms with van der Waals surface area (Å²) in [7, 11) is 0. The van der Waals surface area contributed by atoms with E-state index in [0.717, 1.165) is 28.6 Å². The number of halogens is 3. The molecule has 4 aromatic rings. The number of carbonyl (C=O) groups excluding carboxylic acids is 2. The van der Waals surface area contributed by atoms with Crippen molar-refractivity contribution in [2.75, 3.05) is 0 Å². The number of amides is 2. The van der Waals surface area contributed by atoms with Gasteiger partial charge in [0, 0.05) is 18.0 Å². The van der Waals surface area contributed by atoms with E-state index >= 15 is 0 Å². The Hall–Kier alpha value is -4.61. The highest BCUT2D eigenvalue weighted by molar-refractivity contribution is 5.99. The van der Waals surface area contributed by atoms with Crippen LogP contribution in [0, 0.1) is 0 Å². The smallest absolute Gasteiger partial charge is 0.418 e. The van der Waals surface area contributed by atoms with Crippen molar-refractivity contribution in [2.24, 2.45) is 0 Å². The molecule has 0 aliphatic heterocycles. The number of nitrogens with one attached hydrogen (secondary N) is 2. The minimum absolute atomic E-state index is 0.248. The highest BCUT2D eigenvalue weighted by Crippen LogP contribution is 2.34. The number of hydrazine groups is 1. The molecule has 2 aromatic heterocycles. The minimum Gasteiger partial charge on any atom is -0.504 e. The number of hydrogen-bond acceptors (Lipinski definition) is 5. The zero-order valence-corrected chi connectivity index (χ0v) is 17.3. The van der Waals surface area contributed by atoms with Crippen LogP contribution < -0.4 is 10.9 Å². The summed E-state index contributed by atoms with van der Waals surface area (Å²) in [5, 5.41) is 17.9. The molecule has 0 saturated heterocycles. The Labute approximate surface area is 190 Å². The first-order chi connectivity index (χ1) is 16.2. The van der Waals surface area contributed by atoms with Crippen LogP contribution >= 0.6 is 0 Å². The maximum absolute atomic E-state index is 13.3. The first-order valence-corrected chi connectivity index (χ1v) is 9.84. The molecule has 3 N–H and O–H groups in total. The van der Waals surface area contributed by atoms with Crippen molar-refractivity contribution in [1.82, 2.24) is 30.4 Å². The summed E-state index contributed by atoms with van der Waals surface area (Å²) in [6, 6.07) is 12.9. The fourth-order valence-corrected chi connectivity index (χ4v) is 3.15. The van der Waals surface area contributed by atoms with Gasteiger partial charge in [-0.05, 0) is 35.9 Å². The van der Waals surface area contributed by atoms with E-state index in [9.17, 15) is 27.9 Å². The highest BCUT2D eigenvalue weighted by atomic mass is 19.4. The second-order valence-corrected chi connectivity index (χ2v) is 7.13. The number of hydrogen-bond donors (Lipinski definition) is 3. The van der Waals surface area contributed by atoms with Crippen LogP contribution in [0.2, 0.25) is 0 Å². The molecule has 4 rings (SSSR count). The van der Waals surface area contributed by atoms with Crippen molar-refractivity contribution < 1.29 is 27.9 Å². The molecule has 2 amide bonds. The first-order valence-electron chi connectivity index (χ1n) is 9.84. The molecule has 0 bridgehead atoms. The summed E-state index contributed by atoms with van der Waals surface area (Å²) in [6.07, 6.45) is -0.336. The van der Waals surface area contributed by atoms with Crippen molar-refractivity contribution in [1.29, 1.82) is 0 Å². The summed E-state index contributed by atoms with van der Waals surface area (Å²) in [4.78, 5) is 24.7. The maximum atomic E-state index is 13.3. The zero-order valence-electron chi connectivity index (χ0n) is 17.3. The quantitative estimate of drug-likeness (QED) is 0.388. The van der Waals surface area contributed by atoms with Crippen molar-refractivity contribution in [2.45, 2.75) is 12.7 Å². The molecule has 174 valence electrons. The standard InChI is InChI=1S/C22H17F3N6O3/c23-22(24,25)16-4-1-2-5-17(16)31-13-18(32)19(29-31)21(34)28-27-20(33)15-8-6-14(7-9-15)12-30-11-3-10-26-30/h1-11,13,32H,12H2,(H,27,33)(H,28,34). The molecule has 12 heteroatoms. The SMILES string of the molecule is O=C(NNC(=O)c1nn(-c2ccccc2C(F)(F)F)cc1O)c1ccc(Cn2cccn2)cc1. The summed E-state index contributed by atoms with van der Waals surface area (Å²) >= 11 is 0. The Morgan fingerprint density at radius 3 is 2.35 bits per heavy atom. The van der Waals surface area contributed by atoms with Crippen LogP contribution in [0.25, 0.3) is 5.69 Å². The number of para-hydroxylation sites is 1. The third kappa shape index (κ3) is 4.90. The summed E-state index contributed by atoms with van der Waals surface area (Å²) in [6.45, 7) is 0.519. The fourth-order valence-electron chi connectivity index (χ4n) is 3.15. The average Bonchev–Trinajstić information content (AvgIpc) is 3.47. The molecule has 0 atom stereocenters. The van der Waals surface area contributed by atoms with Crippen LogP contribution in [-0.2, 0) is 12.7 Å². The lowest BCUT2D eigenvalue weighted by Gasteiger charge is -2.12. The molecular weight excluding hydrogens is 453 g/mol. The maximum Gasteiger partial charge on any atom is 0.418 e. The highest BCUT2D eigenvalue weighted by Gasteiger charge is 2.34. The number of alkyl halides is 3. The number of carbonyl (C=O) groups is 2. The van der Waals surface area contributed by atoms with Gasteiger partial charge < -0.3 is 5.11 Å². The van der Waals surface area contributed by atoms with Gasteiger partial charge in [0.25, 0.3) is 11.8 Å². The van der Waals surface area contributed by atoms with E-state index in [1.807, 2.05) is 0 Å². The Morgan fingerprint density at radius 1 is 0.971 bits per heavy atom. The van der Waals surface area contributed by atoms with Gasteiger partial charge in [0.05, 0.1) is 24.0 Å². The topological polar surface area (TPSA) is 114 Å². The van der Waals surface area contributed by atoms with Gasteiger partial charge in [-0.1, -0.05) is 24.3 Å². The fraction of sp³-hybridized carbons (Fsp3) is 0.0909. The second-order valence-electron chi connectivity index (χ2n) is 7.13. The molecule has 0 unspecified atom stereocenters. The van der Waals surface area contributed by atoms with Gasteiger partial charge in [0.2, 0.25) is 0 Å². The third-order valence-electron chi connectivity index (χ3n) is 4.78. The van der Waals surface area contributed by atoms with Crippen LogP contribution in [0.4, 0.5) is 13.2 Å². The van der Waals surface area contributed by atoms with Gasteiger partial charge in [-0.25, -0.2) is 4.68 Å². The molecule has 0 aliphatic rings. The lowest BCUT2D eigenvalue weighted by Crippen LogP contribution is -2.41. The van der Waals surface area contributed by atoms with Gasteiger partial charge in [0.15, 0.2) is 11.4 Å². The summed E-state index contributed by atoms with van der Waals surface area (Å²) < 4.78 is 42.2. The van der Waals surface area contributed by atoms with E-state index in [1.165, 1.54) is 12.1 Å². The van der Waals surface area contributed by atoms with E-state index in [-0.39, 0.29) is 11.3 Å². The van der Waals surface area contributed by atoms with Crippen molar-refractivity contribution in [3.8, 4) is 11.4 Å². The molecule has 0 radical (unpaired) electrons. The average molecular weight is 470 g/mol. The third-order valence-corrected chi connectivity index (χ3v) is 4.78. The zero-order chi connectivity index (χ0) is 24.3. The summed E-state index contributed by atoms with van der Waals surface area (Å²) in [5.41, 5.74) is 3.49. The van der Waals surface area contributed by atoms with Crippen molar-refractivity contribution in [3.63, 3.8) is 0 Å². The lowest BCUT2D eigenvalue weighted by atomic mass is 10.1. The molecule has 2 aromatic carbocycles.